The van der Waals surface area contributed by atoms with Gasteiger partial charge in [0.1, 0.15) is 0 Å². The van der Waals surface area contributed by atoms with Crippen LogP contribution in [-0.2, 0) is 19.6 Å². The summed E-state index contributed by atoms with van der Waals surface area (Å²) in [6.07, 6.45) is 3.87. The van der Waals surface area contributed by atoms with Gasteiger partial charge in [-0.2, -0.15) is 0 Å². The van der Waals surface area contributed by atoms with Gasteiger partial charge in [0, 0.05) is 19.1 Å². The average molecular weight is 317 g/mol. The molecule has 120 valence electrons. The molecule has 0 spiro atoms. The molecule has 2 fully saturated rings. The van der Waals surface area contributed by atoms with Gasteiger partial charge in [0.05, 0.1) is 18.7 Å². The predicted octanol–water partition coefficient (Wildman–Crippen LogP) is -0.462. The second-order valence-electron chi connectivity index (χ2n) is 5.65. The highest BCUT2D eigenvalue weighted by atomic mass is 32.2. The van der Waals surface area contributed by atoms with Gasteiger partial charge >= 0.3 is 0 Å². The van der Waals surface area contributed by atoms with Gasteiger partial charge in [-0.25, -0.2) is 12.7 Å². The number of rotatable bonds is 8. The summed E-state index contributed by atoms with van der Waals surface area (Å²) in [6.45, 7) is 3.17. The van der Waals surface area contributed by atoms with Gasteiger partial charge in [-0.3, -0.25) is 14.5 Å². The maximum absolute atomic E-state index is 12.1. The third-order valence-corrected chi connectivity index (χ3v) is 5.27. The first-order valence-corrected chi connectivity index (χ1v) is 9.23. The summed E-state index contributed by atoms with van der Waals surface area (Å²) < 4.78 is 24.3. The van der Waals surface area contributed by atoms with E-state index < -0.39 is 16.1 Å². The van der Waals surface area contributed by atoms with Crippen molar-refractivity contribution in [1.82, 2.24) is 14.5 Å². The van der Waals surface area contributed by atoms with E-state index in [0.717, 1.165) is 12.8 Å². The Hall–Kier alpha value is -0.990. The Morgan fingerprint density at radius 1 is 1.33 bits per heavy atom. The predicted molar refractivity (Wildman–Crippen MR) is 78.0 cm³/mol. The Labute approximate surface area is 125 Å². The van der Waals surface area contributed by atoms with Gasteiger partial charge in [-0.05, 0) is 25.8 Å². The van der Waals surface area contributed by atoms with Crippen LogP contribution in [0, 0.1) is 0 Å². The molecule has 21 heavy (non-hydrogen) atoms. The summed E-state index contributed by atoms with van der Waals surface area (Å²) in [5.74, 6) is -0.218. The molecule has 1 atom stereocenters. The SMILES string of the molecule is CCN(CCCNC1CC(=O)N(C2CC2)C1=O)S(C)(=O)=O. The van der Waals surface area contributed by atoms with Crippen molar-refractivity contribution in [1.29, 1.82) is 0 Å². The fourth-order valence-corrected chi connectivity index (χ4v) is 3.55. The van der Waals surface area contributed by atoms with Crippen molar-refractivity contribution in [2.45, 2.75) is 44.7 Å². The van der Waals surface area contributed by atoms with Gasteiger partial charge in [0.2, 0.25) is 21.8 Å². The molecular weight excluding hydrogens is 294 g/mol. The molecule has 2 aliphatic rings. The molecule has 0 radical (unpaired) electrons. The van der Waals surface area contributed by atoms with Crippen molar-refractivity contribution in [3.05, 3.63) is 0 Å². The summed E-state index contributed by atoms with van der Waals surface area (Å²) in [6, 6.07) is -0.316. The molecule has 0 aromatic carbocycles. The zero-order valence-electron chi connectivity index (χ0n) is 12.5. The third-order valence-electron chi connectivity index (χ3n) is 3.89. The van der Waals surface area contributed by atoms with E-state index >= 15 is 0 Å². The molecule has 1 heterocycles. The van der Waals surface area contributed by atoms with Crippen LogP contribution in [0.4, 0.5) is 0 Å². The molecule has 1 N–H and O–H groups in total. The molecule has 7 nitrogen and oxygen atoms in total. The van der Waals surface area contributed by atoms with Crippen LogP contribution in [0.1, 0.15) is 32.6 Å². The molecular formula is C13H23N3O4S. The molecule has 1 aliphatic carbocycles. The maximum atomic E-state index is 12.1. The van der Waals surface area contributed by atoms with Crippen molar-refractivity contribution in [3.8, 4) is 0 Å². The Morgan fingerprint density at radius 2 is 2.00 bits per heavy atom. The Kier molecular flexibility index (Phi) is 5.00. The van der Waals surface area contributed by atoms with Crippen molar-refractivity contribution < 1.29 is 18.0 Å². The molecule has 1 aliphatic heterocycles. The quantitative estimate of drug-likeness (QED) is 0.483. The molecule has 0 bridgehead atoms. The van der Waals surface area contributed by atoms with Crippen molar-refractivity contribution in [3.63, 3.8) is 0 Å². The van der Waals surface area contributed by atoms with Gasteiger partial charge in [0.15, 0.2) is 0 Å². The minimum Gasteiger partial charge on any atom is -0.305 e. The van der Waals surface area contributed by atoms with Crippen LogP contribution in [0.5, 0.6) is 0 Å². The fourth-order valence-electron chi connectivity index (χ4n) is 2.62. The van der Waals surface area contributed by atoms with Crippen molar-refractivity contribution in [2.24, 2.45) is 0 Å². The van der Waals surface area contributed by atoms with Gasteiger partial charge in [-0.1, -0.05) is 6.92 Å². The smallest absolute Gasteiger partial charge is 0.247 e. The van der Waals surface area contributed by atoms with E-state index in [2.05, 4.69) is 5.32 Å². The lowest BCUT2D eigenvalue weighted by atomic mass is 10.2. The van der Waals surface area contributed by atoms with Gasteiger partial charge < -0.3 is 5.32 Å². The van der Waals surface area contributed by atoms with E-state index in [1.807, 2.05) is 0 Å². The first-order valence-electron chi connectivity index (χ1n) is 7.39. The van der Waals surface area contributed by atoms with Crippen LogP contribution >= 0.6 is 0 Å². The second-order valence-corrected chi connectivity index (χ2v) is 7.63. The zero-order valence-corrected chi connectivity index (χ0v) is 13.4. The first kappa shape index (κ1) is 16.4. The van der Waals surface area contributed by atoms with Gasteiger partial charge in [0.25, 0.3) is 0 Å². The van der Waals surface area contributed by atoms with Crippen LogP contribution in [0.3, 0.4) is 0 Å². The minimum absolute atomic E-state index is 0.0914. The molecule has 0 aromatic rings. The number of carbonyl (C=O) groups excluding carboxylic acids is 2. The molecule has 1 unspecified atom stereocenters. The maximum Gasteiger partial charge on any atom is 0.247 e. The van der Waals surface area contributed by atoms with Crippen LogP contribution in [0.15, 0.2) is 0 Å². The number of imide groups is 1. The number of hydrogen-bond donors (Lipinski definition) is 1. The van der Waals surface area contributed by atoms with E-state index in [1.54, 1.807) is 6.92 Å². The number of hydrogen-bond acceptors (Lipinski definition) is 5. The Bertz CT molecular complexity index is 516. The standard InChI is InChI=1S/C13H23N3O4S/c1-3-15(21(2,19)20)8-4-7-14-11-9-12(17)16(13(11)18)10-5-6-10/h10-11,14H,3-9H2,1-2H3. The highest BCUT2D eigenvalue weighted by Gasteiger charge is 2.45. The fraction of sp³-hybridized carbons (Fsp3) is 0.846. The highest BCUT2D eigenvalue weighted by Crippen LogP contribution is 2.31. The minimum atomic E-state index is -3.17. The lowest BCUT2D eigenvalue weighted by Crippen LogP contribution is -2.41. The monoisotopic (exact) mass is 317 g/mol. The second kappa shape index (κ2) is 6.41. The number of amides is 2. The summed E-state index contributed by atoms with van der Waals surface area (Å²) in [5, 5.41) is 3.07. The van der Waals surface area contributed by atoms with Crippen LogP contribution in [-0.4, -0.2) is 67.4 Å². The summed E-state index contributed by atoms with van der Waals surface area (Å²) in [7, 11) is -3.17. The normalized spacial score (nSPS) is 23.4. The van der Waals surface area contributed by atoms with E-state index in [-0.39, 0.29) is 24.3 Å². The highest BCUT2D eigenvalue weighted by molar-refractivity contribution is 7.88. The Morgan fingerprint density at radius 3 is 2.52 bits per heavy atom. The number of nitrogens with one attached hydrogen (secondary N) is 1. The molecule has 2 rings (SSSR count). The average Bonchev–Trinajstić information content (AvgIpc) is 3.16. The topological polar surface area (TPSA) is 86.8 Å². The van der Waals surface area contributed by atoms with Crippen molar-refractivity contribution in [2.75, 3.05) is 25.9 Å². The molecule has 8 heteroatoms. The van der Waals surface area contributed by atoms with Crippen LogP contribution < -0.4 is 5.32 Å². The zero-order chi connectivity index (χ0) is 15.6. The molecule has 1 saturated heterocycles. The van der Waals surface area contributed by atoms with E-state index in [9.17, 15) is 18.0 Å². The van der Waals surface area contributed by atoms with Crippen LogP contribution in [0.25, 0.3) is 0 Å². The van der Waals surface area contributed by atoms with Crippen LogP contribution in [0.2, 0.25) is 0 Å². The summed E-state index contributed by atoms with van der Waals surface area (Å²) in [4.78, 5) is 25.2. The summed E-state index contributed by atoms with van der Waals surface area (Å²) in [5.41, 5.74) is 0. The number of nitrogens with zero attached hydrogens (tertiary/aromatic N) is 2. The van der Waals surface area contributed by atoms with E-state index in [4.69, 9.17) is 0 Å². The lowest BCUT2D eigenvalue weighted by molar-refractivity contribution is -0.139. The first-order chi connectivity index (χ1) is 9.84. The molecule has 2 amide bonds. The Balaban J connectivity index is 1.74. The lowest BCUT2D eigenvalue weighted by Gasteiger charge is -2.18. The molecule has 0 aromatic heterocycles. The number of sulfonamides is 1. The number of likely N-dealkylation sites (tertiary alicyclic amines) is 1. The summed E-state index contributed by atoms with van der Waals surface area (Å²) >= 11 is 0. The van der Waals surface area contributed by atoms with Crippen molar-refractivity contribution >= 4 is 21.8 Å². The largest absolute Gasteiger partial charge is 0.305 e. The molecule has 1 saturated carbocycles. The number of carbonyl (C=O) groups is 2. The van der Waals surface area contributed by atoms with Gasteiger partial charge in [-0.15, -0.1) is 0 Å². The van der Waals surface area contributed by atoms with E-state index in [0.29, 0.717) is 26.1 Å². The van der Waals surface area contributed by atoms with E-state index in [1.165, 1.54) is 15.5 Å². The third kappa shape index (κ3) is 4.02.